The van der Waals surface area contributed by atoms with E-state index in [-0.39, 0.29) is 18.6 Å². The Hall–Kier alpha value is -2.13. The molecule has 112 valence electrons. The molecule has 0 aliphatic carbocycles. The predicted octanol–water partition coefficient (Wildman–Crippen LogP) is -0.674. The molecule has 2 aromatic heterocycles. The van der Waals surface area contributed by atoms with Crippen molar-refractivity contribution in [3.05, 3.63) is 61.8 Å². The molecule has 21 heavy (non-hydrogen) atoms. The topological polar surface area (TPSA) is 111 Å². The summed E-state index contributed by atoms with van der Waals surface area (Å²) in [6.07, 6.45) is 2.38. The summed E-state index contributed by atoms with van der Waals surface area (Å²) in [7, 11) is 0.849. The molecule has 8 nitrogen and oxygen atoms in total. The first kappa shape index (κ1) is 15.3. The highest BCUT2D eigenvalue weighted by atomic mass is 35.7. The number of H-pyrrole nitrogens is 1. The lowest BCUT2D eigenvalue weighted by Gasteiger charge is -2.08. The number of nitrogens with zero attached hydrogens (tertiary/aromatic N) is 2. The van der Waals surface area contributed by atoms with Gasteiger partial charge in [0.25, 0.3) is 20.2 Å². The van der Waals surface area contributed by atoms with Crippen LogP contribution in [0.4, 0.5) is 0 Å². The summed E-state index contributed by atoms with van der Waals surface area (Å²) in [5.41, 5.74) is -2.13. The van der Waals surface area contributed by atoms with Gasteiger partial charge in [-0.15, -0.1) is 0 Å². The number of aromatic amines is 1. The third-order valence-electron chi connectivity index (χ3n) is 2.72. The fourth-order valence-corrected chi connectivity index (χ4v) is 2.55. The average molecular weight is 332 g/mol. The van der Waals surface area contributed by atoms with E-state index >= 15 is 0 Å². The van der Waals surface area contributed by atoms with Crippen molar-refractivity contribution in [1.29, 1.82) is 0 Å². The first-order valence-electron chi connectivity index (χ1n) is 5.73. The quantitative estimate of drug-likeness (QED) is 0.747. The highest BCUT2D eigenvalue weighted by molar-refractivity contribution is 8.13. The van der Waals surface area contributed by atoms with Crippen molar-refractivity contribution in [1.82, 2.24) is 14.1 Å². The van der Waals surface area contributed by atoms with Gasteiger partial charge >= 0.3 is 5.69 Å². The Morgan fingerprint density at radius 3 is 2.38 bits per heavy atom. The Morgan fingerprint density at radius 1 is 1.10 bits per heavy atom. The minimum Gasteiger partial charge on any atom is -0.314 e. The van der Waals surface area contributed by atoms with Crippen molar-refractivity contribution in [2.75, 3.05) is 0 Å². The third-order valence-corrected chi connectivity index (χ3v) is 4.04. The Bertz CT molecular complexity index is 941. The van der Waals surface area contributed by atoms with Crippen LogP contribution in [0, 0.1) is 0 Å². The first-order chi connectivity index (χ1) is 9.79. The second kappa shape index (κ2) is 5.70. The van der Waals surface area contributed by atoms with E-state index in [1.54, 1.807) is 12.1 Å². The predicted molar refractivity (Wildman–Crippen MR) is 75.1 cm³/mol. The number of pyridine rings is 1. The maximum atomic E-state index is 11.6. The summed E-state index contributed by atoms with van der Waals surface area (Å²) in [5, 5.41) is 0. The summed E-state index contributed by atoms with van der Waals surface area (Å²) in [4.78, 5) is 35.6. The lowest BCUT2D eigenvalue weighted by molar-refractivity contribution is 0.534. The lowest BCUT2D eigenvalue weighted by Crippen LogP contribution is -2.33. The smallest absolute Gasteiger partial charge is 0.314 e. The number of hydrogen-bond acceptors (Lipinski definition) is 5. The molecule has 0 unspecified atom stereocenters. The molecule has 2 aromatic rings. The van der Waals surface area contributed by atoms with E-state index < -0.39 is 25.2 Å². The van der Waals surface area contributed by atoms with Crippen LogP contribution in [-0.4, -0.2) is 22.5 Å². The van der Waals surface area contributed by atoms with Crippen LogP contribution in [0.25, 0.3) is 0 Å². The molecule has 0 saturated heterocycles. The number of rotatable bonds is 4. The number of halogens is 1. The third kappa shape index (κ3) is 3.50. The van der Waals surface area contributed by atoms with Gasteiger partial charge in [0.1, 0.15) is 0 Å². The van der Waals surface area contributed by atoms with Crippen molar-refractivity contribution < 1.29 is 8.42 Å². The number of aryl methyl sites for hydroxylation is 2. The molecule has 10 heteroatoms. The molecule has 0 aromatic carbocycles. The monoisotopic (exact) mass is 331 g/mol. The van der Waals surface area contributed by atoms with Gasteiger partial charge in [-0.05, 0) is 6.07 Å². The highest BCUT2D eigenvalue weighted by Gasteiger charge is 2.17. The van der Waals surface area contributed by atoms with Crippen LogP contribution in [0.15, 0.2) is 49.9 Å². The normalized spacial score (nSPS) is 11.5. The summed E-state index contributed by atoms with van der Waals surface area (Å²) >= 11 is 0. The first-order valence-corrected chi connectivity index (χ1v) is 8.04. The van der Waals surface area contributed by atoms with E-state index in [0.29, 0.717) is 0 Å². The van der Waals surface area contributed by atoms with Crippen molar-refractivity contribution in [2.45, 2.75) is 18.0 Å². The summed E-state index contributed by atoms with van der Waals surface area (Å²) in [6, 6.07) is 4.57. The van der Waals surface area contributed by atoms with Crippen LogP contribution in [0.3, 0.4) is 0 Å². The van der Waals surface area contributed by atoms with Gasteiger partial charge in [0.2, 0.25) is 0 Å². The lowest BCUT2D eigenvalue weighted by atomic mass is 10.4. The Labute approximate surface area is 122 Å². The summed E-state index contributed by atoms with van der Waals surface area (Å²) < 4.78 is 24.7. The summed E-state index contributed by atoms with van der Waals surface area (Å²) in [5.74, 6) is 0. The number of hydrogen-bond donors (Lipinski definition) is 1. The maximum absolute atomic E-state index is 11.6. The minimum absolute atomic E-state index is 0.00105. The fourth-order valence-electron chi connectivity index (χ4n) is 1.69. The van der Waals surface area contributed by atoms with Crippen LogP contribution in [0.2, 0.25) is 0 Å². The van der Waals surface area contributed by atoms with Crippen molar-refractivity contribution in [3.63, 3.8) is 0 Å². The second-order valence-corrected chi connectivity index (χ2v) is 6.65. The molecule has 2 heterocycles. The van der Waals surface area contributed by atoms with Gasteiger partial charge in [-0.3, -0.25) is 19.1 Å². The van der Waals surface area contributed by atoms with Crippen LogP contribution < -0.4 is 16.8 Å². The molecule has 0 radical (unpaired) electrons. The molecule has 0 aliphatic rings. The zero-order chi connectivity index (χ0) is 15.6. The van der Waals surface area contributed by atoms with Crippen molar-refractivity contribution in [3.8, 4) is 0 Å². The molecule has 1 N–H and O–H groups in total. The Kier molecular flexibility index (Phi) is 4.14. The maximum Gasteiger partial charge on any atom is 0.328 e. The standard InChI is InChI=1S/C11H10ClN3O5S/c12-21(19,20)8-7-15(11(18)13-10(8)17)6-5-14-4-2-1-3-9(14)16/h1-4,7H,5-6H2,(H,13,17,18). The van der Waals surface area contributed by atoms with Gasteiger partial charge in [0.05, 0.1) is 0 Å². The minimum atomic E-state index is -4.26. The molecule has 0 aliphatic heterocycles. The molecule has 2 rings (SSSR count). The van der Waals surface area contributed by atoms with Crippen LogP contribution >= 0.6 is 10.7 Å². The molecular formula is C11H10ClN3O5S. The van der Waals surface area contributed by atoms with Gasteiger partial charge in [-0.2, -0.15) is 0 Å². The molecule has 0 spiro atoms. The average Bonchev–Trinajstić information content (AvgIpc) is 2.38. The fraction of sp³-hybridized carbons (Fsp3) is 0.182. The van der Waals surface area contributed by atoms with E-state index in [4.69, 9.17) is 10.7 Å². The zero-order valence-electron chi connectivity index (χ0n) is 10.5. The highest BCUT2D eigenvalue weighted by Crippen LogP contribution is 2.07. The molecule has 0 saturated carbocycles. The molecule has 0 fully saturated rings. The van der Waals surface area contributed by atoms with Crippen LogP contribution in [0.1, 0.15) is 0 Å². The molecule has 0 amide bonds. The largest absolute Gasteiger partial charge is 0.328 e. The van der Waals surface area contributed by atoms with Gasteiger partial charge < -0.3 is 4.57 Å². The Morgan fingerprint density at radius 2 is 1.76 bits per heavy atom. The number of aromatic nitrogens is 3. The van der Waals surface area contributed by atoms with Crippen LogP contribution in [-0.2, 0) is 22.1 Å². The summed E-state index contributed by atoms with van der Waals surface area (Å²) in [6.45, 7) is 0.131. The molecule has 0 atom stereocenters. The van der Waals surface area contributed by atoms with E-state index in [0.717, 1.165) is 10.8 Å². The zero-order valence-corrected chi connectivity index (χ0v) is 12.1. The van der Waals surface area contributed by atoms with E-state index in [1.807, 2.05) is 4.98 Å². The second-order valence-electron chi connectivity index (χ2n) is 4.12. The van der Waals surface area contributed by atoms with Crippen molar-refractivity contribution >= 4 is 19.7 Å². The van der Waals surface area contributed by atoms with E-state index in [9.17, 15) is 22.8 Å². The number of nitrogens with one attached hydrogen (secondary N) is 1. The van der Waals surface area contributed by atoms with E-state index in [2.05, 4.69) is 0 Å². The molecule has 0 bridgehead atoms. The van der Waals surface area contributed by atoms with Gasteiger partial charge in [-0.25, -0.2) is 13.2 Å². The van der Waals surface area contributed by atoms with Gasteiger partial charge in [0.15, 0.2) is 4.90 Å². The molecular weight excluding hydrogens is 322 g/mol. The van der Waals surface area contributed by atoms with Crippen LogP contribution in [0.5, 0.6) is 0 Å². The SMILES string of the molecule is O=c1[nH]c(=O)n(CCn2ccccc2=O)cc1S(=O)(=O)Cl. The Balaban J connectivity index is 2.38. The van der Waals surface area contributed by atoms with Crippen molar-refractivity contribution in [2.24, 2.45) is 0 Å². The van der Waals surface area contributed by atoms with Gasteiger partial charge in [-0.1, -0.05) is 6.07 Å². The van der Waals surface area contributed by atoms with E-state index in [1.165, 1.54) is 16.8 Å². The van der Waals surface area contributed by atoms with Gasteiger partial charge in [0, 0.05) is 42.2 Å².